The quantitative estimate of drug-likeness (QED) is 0.580. The summed E-state index contributed by atoms with van der Waals surface area (Å²) in [5.74, 6) is 0. The topological polar surface area (TPSA) is 61.8 Å². The summed E-state index contributed by atoms with van der Waals surface area (Å²) in [5, 5.41) is 0. The maximum absolute atomic E-state index is 12.5. The first-order chi connectivity index (χ1) is 10.6. The molecule has 2 rings (SSSR count). The van der Waals surface area contributed by atoms with E-state index in [9.17, 15) is 9.59 Å². The fourth-order valence-electron chi connectivity index (χ4n) is 2.59. The van der Waals surface area contributed by atoms with Gasteiger partial charge in [-0.3, -0.25) is 13.9 Å². The van der Waals surface area contributed by atoms with Crippen LogP contribution in [-0.2, 0) is 20.6 Å². The second kappa shape index (κ2) is 7.24. The predicted molar refractivity (Wildman–Crippen MR) is 88.1 cm³/mol. The molecule has 0 atom stereocenters. The van der Waals surface area contributed by atoms with Gasteiger partial charge in [-0.25, -0.2) is 9.78 Å². The third-order valence-corrected chi connectivity index (χ3v) is 3.86. The second-order valence-corrected chi connectivity index (χ2v) is 5.56. The highest BCUT2D eigenvalue weighted by Crippen LogP contribution is 2.05. The fraction of sp³-hybridized carbons (Fsp3) is 0.562. The van der Waals surface area contributed by atoms with Gasteiger partial charge < -0.3 is 4.57 Å². The second-order valence-electron chi connectivity index (χ2n) is 5.56. The lowest BCUT2D eigenvalue weighted by Gasteiger charge is -2.08. The standard InChI is InChI=1S/C16H24N4O2/c1-4-5-6-7-8-9-10-11-20-15(21)13-14(17-12-18(13)2)19(3)16(20)22/h5-6,12H,4,7-11H2,1-3H3/b6-5+. The fourth-order valence-corrected chi connectivity index (χ4v) is 2.59. The summed E-state index contributed by atoms with van der Waals surface area (Å²) in [6.07, 6.45) is 11.0. The predicted octanol–water partition coefficient (Wildman–Crippen LogP) is 1.96. The van der Waals surface area contributed by atoms with Gasteiger partial charge in [0.15, 0.2) is 11.2 Å². The Hall–Kier alpha value is -2.11. The molecule has 0 aliphatic heterocycles. The number of aromatic nitrogens is 4. The molecule has 0 aliphatic carbocycles. The van der Waals surface area contributed by atoms with Crippen LogP contribution in [0.4, 0.5) is 0 Å². The zero-order chi connectivity index (χ0) is 16.1. The van der Waals surface area contributed by atoms with Crippen LogP contribution in [0.25, 0.3) is 11.2 Å². The van der Waals surface area contributed by atoms with Crippen LogP contribution in [0, 0.1) is 0 Å². The molecule has 2 aromatic heterocycles. The summed E-state index contributed by atoms with van der Waals surface area (Å²) in [6, 6.07) is 0. The first-order valence-corrected chi connectivity index (χ1v) is 7.83. The van der Waals surface area contributed by atoms with E-state index < -0.39 is 0 Å². The number of allylic oxidation sites excluding steroid dienone is 2. The van der Waals surface area contributed by atoms with Crippen molar-refractivity contribution in [3.63, 3.8) is 0 Å². The lowest BCUT2D eigenvalue weighted by Crippen LogP contribution is -2.39. The summed E-state index contributed by atoms with van der Waals surface area (Å²) in [5.41, 5.74) is 0.387. The Kier molecular flexibility index (Phi) is 5.35. The van der Waals surface area contributed by atoms with E-state index in [-0.39, 0.29) is 11.2 Å². The molecule has 2 heterocycles. The minimum Gasteiger partial charge on any atom is -0.328 e. The van der Waals surface area contributed by atoms with Crippen LogP contribution in [0.5, 0.6) is 0 Å². The van der Waals surface area contributed by atoms with Crippen LogP contribution in [0.3, 0.4) is 0 Å². The van der Waals surface area contributed by atoms with Gasteiger partial charge in [0, 0.05) is 20.6 Å². The van der Waals surface area contributed by atoms with Crippen LogP contribution in [0.2, 0.25) is 0 Å². The van der Waals surface area contributed by atoms with E-state index in [2.05, 4.69) is 24.1 Å². The van der Waals surface area contributed by atoms with Crippen LogP contribution < -0.4 is 11.2 Å². The van der Waals surface area contributed by atoms with Crippen molar-refractivity contribution in [3.8, 4) is 0 Å². The Balaban J connectivity index is 2.11. The van der Waals surface area contributed by atoms with Crippen LogP contribution in [0.15, 0.2) is 28.1 Å². The maximum atomic E-state index is 12.5. The smallest absolute Gasteiger partial charge is 0.328 e. The van der Waals surface area contributed by atoms with Gasteiger partial charge in [-0.1, -0.05) is 25.5 Å². The number of hydrogen-bond acceptors (Lipinski definition) is 3. The molecule has 0 fully saturated rings. The Morgan fingerprint density at radius 3 is 2.64 bits per heavy atom. The Bertz CT molecular complexity index is 780. The molecule has 0 amide bonds. The molecule has 120 valence electrons. The van der Waals surface area contributed by atoms with Crippen molar-refractivity contribution in [2.75, 3.05) is 0 Å². The average molecular weight is 304 g/mol. The van der Waals surface area contributed by atoms with Crippen molar-refractivity contribution >= 4 is 11.2 Å². The summed E-state index contributed by atoms with van der Waals surface area (Å²) in [7, 11) is 3.43. The molecule has 0 unspecified atom stereocenters. The highest BCUT2D eigenvalue weighted by Gasteiger charge is 2.14. The van der Waals surface area contributed by atoms with Crippen LogP contribution in [-0.4, -0.2) is 18.7 Å². The molecule has 0 aromatic carbocycles. The number of unbranched alkanes of at least 4 members (excludes halogenated alkanes) is 3. The van der Waals surface area contributed by atoms with Crippen molar-refractivity contribution in [2.24, 2.45) is 14.1 Å². The summed E-state index contributed by atoms with van der Waals surface area (Å²) in [6.45, 7) is 2.58. The highest BCUT2D eigenvalue weighted by molar-refractivity contribution is 5.69. The molecule has 0 bridgehead atoms. The van der Waals surface area contributed by atoms with Gasteiger partial charge >= 0.3 is 5.69 Å². The molecule has 6 nitrogen and oxygen atoms in total. The molecule has 0 N–H and O–H groups in total. The summed E-state index contributed by atoms with van der Waals surface area (Å²) >= 11 is 0. The molecule has 0 spiro atoms. The zero-order valence-corrected chi connectivity index (χ0v) is 13.6. The zero-order valence-electron chi connectivity index (χ0n) is 13.6. The van der Waals surface area contributed by atoms with Crippen molar-refractivity contribution in [2.45, 2.75) is 45.6 Å². The Morgan fingerprint density at radius 2 is 1.91 bits per heavy atom. The largest absolute Gasteiger partial charge is 0.332 e. The molecule has 0 radical (unpaired) electrons. The first kappa shape index (κ1) is 16.3. The van der Waals surface area contributed by atoms with Crippen molar-refractivity contribution < 1.29 is 0 Å². The van der Waals surface area contributed by atoms with E-state index in [1.165, 1.54) is 9.13 Å². The first-order valence-electron chi connectivity index (χ1n) is 7.83. The number of imidazole rings is 1. The summed E-state index contributed by atoms with van der Waals surface area (Å²) in [4.78, 5) is 28.9. The van der Waals surface area contributed by atoms with Crippen LogP contribution in [0.1, 0.15) is 39.0 Å². The van der Waals surface area contributed by atoms with Crippen molar-refractivity contribution in [1.29, 1.82) is 0 Å². The molecule has 0 aliphatic rings. The Morgan fingerprint density at radius 1 is 1.14 bits per heavy atom. The van der Waals surface area contributed by atoms with E-state index in [1.807, 2.05) is 0 Å². The minimum absolute atomic E-state index is 0.246. The SMILES string of the molecule is CC/C=C/CCCCCn1c(=O)c2c(ncn2C)n(C)c1=O. The Labute approximate surface area is 129 Å². The van der Waals surface area contributed by atoms with E-state index in [4.69, 9.17) is 0 Å². The maximum Gasteiger partial charge on any atom is 0.332 e. The average Bonchev–Trinajstić information content (AvgIpc) is 2.89. The van der Waals surface area contributed by atoms with Crippen LogP contribution >= 0.6 is 0 Å². The van der Waals surface area contributed by atoms with Gasteiger partial charge in [0.05, 0.1) is 6.33 Å². The molecule has 2 aromatic rings. The van der Waals surface area contributed by atoms with E-state index in [0.717, 1.165) is 32.1 Å². The van der Waals surface area contributed by atoms with Gasteiger partial charge in [0.1, 0.15) is 0 Å². The molecular formula is C16H24N4O2. The van der Waals surface area contributed by atoms with E-state index in [1.54, 1.807) is 25.0 Å². The molecule has 0 saturated carbocycles. The number of aryl methyl sites for hydroxylation is 2. The number of nitrogens with zero attached hydrogens (tertiary/aromatic N) is 4. The highest BCUT2D eigenvalue weighted by atomic mass is 16.2. The third kappa shape index (κ3) is 3.21. The lowest BCUT2D eigenvalue weighted by atomic mass is 10.2. The van der Waals surface area contributed by atoms with Gasteiger partial charge in [-0.05, 0) is 25.7 Å². The van der Waals surface area contributed by atoms with Gasteiger partial charge in [-0.2, -0.15) is 0 Å². The van der Waals surface area contributed by atoms with Crippen molar-refractivity contribution in [3.05, 3.63) is 39.3 Å². The minimum atomic E-state index is -0.290. The number of fused-ring (bicyclic) bond motifs is 1. The third-order valence-electron chi connectivity index (χ3n) is 3.86. The lowest BCUT2D eigenvalue weighted by molar-refractivity contribution is 0.543. The van der Waals surface area contributed by atoms with Crippen molar-refractivity contribution in [1.82, 2.24) is 18.7 Å². The molecular weight excluding hydrogens is 280 g/mol. The normalized spacial score (nSPS) is 11.8. The number of rotatable bonds is 7. The summed E-state index contributed by atoms with van der Waals surface area (Å²) < 4.78 is 4.44. The molecule has 6 heteroatoms. The monoisotopic (exact) mass is 304 g/mol. The van der Waals surface area contributed by atoms with E-state index >= 15 is 0 Å². The van der Waals surface area contributed by atoms with E-state index in [0.29, 0.717) is 17.7 Å². The number of hydrogen-bond donors (Lipinski definition) is 0. The molecule has 0 saturated heterocycles. The molecule has 22 heavy (non-hydrogen) atoms. The van der Waals surface area contributed by atoms with Gasteiger partial charge in [0.2, 0.25) is 0 Å². The van der Waals surface area contributed by atoms with Gasteiger partial charge in [0.25, 0.3) is 5.56 Å². The van der Waals surface area contributed by atoms with Gasteiger partial charge in [-0.15, -0.1) is 0 Å².